The number of hydrogen-bond donors (Lipinski definition) is 2. The molecule has 112 valence electrons. The van der Waals surface area contributed by atoms with Gasteiger partial charge < -0.3 is 15.7 Å². The van der Waals surface area contributed by atoms with Gasteiger partial charge in [-0.1, -0.05) is 38.3 Å². The quantitative estimate of drug-likeness (QED) is 0.869. The van der Waals surface area contributed by atoms with Gasteiger partial charge in [-0.3, -0.25) is 0 Å². The first-order chi connectivity index (χ1) is 9.63. The van der Waals surface area contributed by atoms with Crippen molar-refractivity contribution in [3.8, 4) is 0 Å². The molecule has 20 heavy (non-hydrogen) atoms. The van der Waals surface area contributed by atoms with Crippen LogP contribution in [0.5, 0.6) is 0 Å². The molecule has 0 spiro atoms. The lowest BCUT2D eigenvalue weighted by Gasteiger charge is -2.33. The molecule has 2 rings (SSSR count). The van der Waals surface area contributed by atoms with Crippen LogP contribution in [0.1, 0.15) is 50.7 Å². The van der Waals surface area contributed by atoms with Crippen molar-refractivity contribution in [2.75, 3.05) is 18.5 Å². The lowest BCUT2D eigenvalue weighted by atomic mass is 9.93. The number of aliphatic hydroxyl groups is 1. The van der Waals surface area contributed by atoms with E-state index in [-0.39, 0.29) is 5.92 Å². The van der Waals surface area contributed by atoms with E-state index in [1.807, 2.05) is 19.1 Å². The van der Waals surface area contributed by atoms with Crippen molar-refractivity contribution >= 4 is 5.69 Å². The number of nitrogens with zero attached hydrogens (tertiary/aromatic N) is 1. The number of anilines is 1. The Morgan fingerprint density at radius 2 is 2.00 bits per heavy atom. The molecule has 3 N–H and O–H groups in total. The summed E-state index contributed by atoms with van der Waals surface area (Å²) in [7, 11) is 2.17. The van der Waals surface area contributed by atoms with Crippen LogP contribution in [0.3, 0.4) is 0 Å². The summed E-state index contributed by atoms with van der Waals surface area (Å²) in [6.07, 6.45) is 6.13. The Bertz CT molecular complexity index is 415. The van der Waals surface area contributed by atoms with E-state index in [1.165, 1.54) is 37.8 Å². The third kappa shape index (κ3) is 3.53. The number of aliphatic hydroxyl groups excluding tert-OH is 1. The van der Waals surface area contributed by atoms with Crippen LogP contribution in [0.4, 0.5) is 5.69 Å². The van der Waals surface area contributed by atoms with Crippen molar-refractivity contribution in [2.45, 2.75) is 51.2 Å². The van der Waals surface area contributed by atoms with Crippen LogP contribution in [0.2, 0.25) is 0 Å². The lowest BCUT2D eigenvalue weighted by molar-refractivity contribution is 0.122. The summed E-state index contributed by atoms with van der Waals surface area (Å²) in [5.74, 6) is 0.0882. The van der Waals surface area contributed by atoms with E-state index >= 15 is 0 Å². The summed E-state index contributed by atoms with van der Waals surface area (Å²) in [6.45, 7) is 2.49. The summed E-state index contributed by atoms with van der Waals surface area (Å²) in [4.78, 5) is 2.38. The van der Waals surface area contributed by atoms with Gasteiger partial charge in [-0.2, -0.15) is 0 Å². The predicted octanol–water partition coefficient (Wildman–Crippen LogP) is 3.08. The highest BCUT2D eigenvalue weighted by Crippen LogP contribution is 2.29. The molecule has 0 aliphatic heterocycles. The van der Waals surface area contributed by atoms with Crippen LogP contribution in [0, 0.1) is 5.92 Å². The van der Waals surface area contributed by atoms with Crippen molar-refractivity contribution in [1.82, 2.24) is 0 Å². The zero-order valence-corrected chi connectivity index (χ0v) is 12.8. The molecule has 1 aliphatic carbocycles. The molecule has 0 aromatic heterocycles. The van der Waals surface area contributed by atoms with Gasteiger partial charge in [-0.15, -0.1) is 0 Å². The Hall–Kier alpha value is -1.06. The number of rotatable bonds is 5. The fraction of sp³-hybridized carbons (Fsp3) is 0.647. The van der Waals surface area contributed by atoms with E-state index in [0.717, 1.165) is 5.56 Å². The molecule has 1 saturated carbocycles. The first kappa shape index (κ1) is 15.3. The molecule has 1 aliphatic rings. The van der Waals surface area contributed by atoms with Gasteiger partial charge in [0.25, 0.3) is 0 Å². The van der Waals surface area contributed by atoms with Gasteiger partial charge in [0.15, 0.2) is 0 Å². The topological polar surface area (TPSA) is 49.5 Å². The molecule has 3 heteroatoms. The number of hydrogen-bond acceptors (Lipinski definition) is 3. The van der Waals surface area contributed by atoms with Crippen LogP contribution in [0.25, 0.3) is 0 Å². The third-order valence-corrected chi connectivity index (χ3v) is 4.65. The zero-order valence-electron chi connectivity index (χ0n) is 12.8. The van der Waals surface area contributed by atoms with Crippen LogP contribution in [-0.2, 0) is 0 Å². The molecular formula is C17H28N2O. The molecule has 0 heterocycles. The zero-order chi connectivity index (χ0) is 14.5. The van der Waals surface area contributed by atoms with Crippen LogP contribution >= 0.6 is 0 Å². The Morgan fingerprint density at radius 3 is 2.65 bits per heavy atom. The molecule has 0 amide bonds. The molecular weight excluding hydrogens is 248 g/mol. The number of benzene rings is 1. The first-order valence-corrected chi connectivity index (χ1v) is 7.84. The maximum atomic E-state index is 10.3. The van der Waals surface area contributed by atoms with Crippen molar-refractivity contribution in [3.05, 3.63) is 29.8 Å². The monoisotopic (exact) mass is 276 g/mol. The maximum absolute atomic E-state index is 10.3. The molecule has 0 radical (unpaired) electrons. The lowest BCUT2D eigenvalue weighted by Crippen LogP contribution is -2.33. The average Bonchev–Trinajstić information content (AvgIpc) is 2.53. The molecule has 0 saturated heterocycles. The van der Waals surface area contributed by atoms with Crippen molar-refractivity contribution in [3.63, 3.8) is 0 Å². The Morgan fingerprint density at radius 1 is 1.30 bits per heavy atom. The molecule has 1 fully saturated rings. The van der Waals surface area contributed by atoms with E-state index in [0.29, 0.717) is 12.6 Å². The van der Waals surface area contributed by atoms with Gasteiger partial charge in [0.2, 0.25) is 0 Å². The Balaban J connectivity index is 2.12. The highest BCUT2D eigenvalue weighted by molar-refractivity contribution is 5.49. The van der Waals surface area contributed by atoms with Gasteiger partial charge in [-0.05, 0) is 43.0 Å². The minimum absolute atomic E-state index is 0.0882. The summed E-state index contributed by atoms with van der Waals surface area (Å²) in [5, 5.41) is 10.3. The van der Waals surface area contributed by atoms with E-state index in [2.05, 4.69) is 24.1 Å². The van der Waals surface area contributed by atoms with Gasteiger partial charge >= 0.3 is 0 Å². The highest BCUT2D eigenvalue weighted by Gasteiger charge is 2.20. The SMILES string of the molecule is CC(CN)C(O)c1cccc(N(C)C2CCCCC2)c1. The van der Waals surface area contributed by atoms with Crippen molar-refractivity contribution in [1.29, 1.82) is 0 Å². The number of nitrogens with two attached hydrogens (primary N) is 1. The van der Waals surface area contributed by atoms with E-state index in [9.17, 15) is 5.11 Å². The van der Waals surface area contributed by atoms with Gasteiger partial charge in [0.05, 0.1) is 6.10 Å². The second-order valence-electron chi connectivity index (χ2n) is 6.16. The van der Waals surface area contributed by atoms with Gasteiger partial charge in [0.1, 0.15) is 0 Å². The summed E-state index contributed by atoms with van der Waals surface area (Å²) >= 11 is 0. The smallest absolute Gasteiger partial charge is 0.0828 e. The molecule has 1 aromatic carbocycles. The summed E-state index contributed by atoms with van der Waals surface area (Å²) in [5.41, 5.74) is 7.84. The maximum Gasteiger partial charge on any atom is 0.0828 e. The largest absolute Gasteiger partial charge is 0.388 e. The predicted molar refractivity (Wildman–Crippen MR) is 84.9 cm³/mol. The molecule has 0 bridgehead atoms. The fourth-order valence-electron chi connectivity index (χ4n) is 3.06. The van der Waals surface area contributed by atoms with Crippen LogP contribution in [-0.4, -0.2) is 24.7 Å². The Kier molecular flexibility index (Phi) is 5.44. The van der Waals surface area contributed by atoms with Crippen LogP contribution in [0.15, 0.2) is 24.3 Å². The molecule has 1 aromatic rings. The normalized spacial score (nSPS) is 19.6. The summed E-state index contributed by atoms with van der Waals surface area (Å²) < 4.78 is 0. The fourth-order valence-corrected chi connectivity index (χ4v) is 3.06. The molecule has 2 atom stereocenters. The third-order valence-electron chi connectivity index (χ3n) is 4.65. The highest BCUT2D eigenvalue weighted by atomic mass is 16.3. The van der Waals surface area contributed by atoms with E-state index < -0.39 is 6.10 Å². The second kappa shape index (κ2) is 7.09. The van der Waals surface area contributed by atoms with E-state index in [4.69, 9.17) is 5.73 Å². The Labute approximate surface area is 122 Å². The standard InChI is InChI=1S/C17H28N2O/c1-13(12-18)17(20)14-7-6-10-16(11-14)19(2)15-8-4-3-5-9-15/h6-7,10-11,13,15,17,20H,3-5,8-9,12,18H2,1-2H3. The minimum Gasteiger partial charge on any atom is -0.388 e. The molecule has 2 unspecified atom stereocenters. The second-order valence-corrected chi connectivity index (χ2v) is 6.16. The summed E-state index contributed by atoms with van der Waals surface area (Å²) in [6, 6.07) is 8.93. The van der Waals surface area contributed by atoms with E-state index in [1.54, 1.807) is 0 Å². The van der Waals surface area contributed by atoms with Crippen molar-refractivity contribution in [2.24, 2.45) is 11.7 Å². The van der Waals surface area contributed by atoms with Gasteiger partial charge in [-0.25, -0.2) is 0 Å². The van der Waals surface area contributed by atoms with Crippen molar-refractivity contribution < 1.29 is 5.11 Å². The van der Waals surface area contributed by atoms with Gasteiger partial charge in [0, 0.05) is 18.8 Å². The minimum atomic E-state index is -0.472. The van der Waals surface area contributed by atoms with Crippen LogP contribution < -0.4 is 10.6 Å². The average molecular weight is 276 g/mol. The first-order valence-electron chi connectivity index (χ1n) is 7.84. The molecule has 3 nitrogen and oxygen atoms in total.